The Morgan fingerprint density at radius 2 is 1.32 bits per heavy atom. The van der Waals surface area contributed by atoms with Gasteiger partial charge in [0.1, 0.15) is 0 Å². The van der Waals surface area contributed by atoms with Crippen molar-refractivity contribution in [2.75, 3.05) is 7.11 Å². The average Bonchev–Trinajstić information content (AvgIpc) is 2.62. The molecule has 0 heterocycles. The molecule has 2 rings (SSSR count). The van der Waals surface area contributed by atoms with Crippen molar-refractivity contribution in [2.45, 2.75) is 26.9 Å². The first-order chi connectivity index (χ1) is 11.8. The summed E-state index contributed by atoms with van der Waals surface area (Å²) in [5, 5.41) is 0. The molecule has 0 spiro atoms. The van der Waals surface area contributed by atoms with Crippen LogP contribution < -0.4 is 0 Å². The number of rotatable bonds is 5. The van der Waals surface area contributed by atoms with Gasteiger partial charge in [0, 0.05) is 5.56 Å². The van der Waals surface area contributed by atoms with Crippen LogP contribution in [0.15, 0.2) is 42.5 Å². The Kier molecular flexibility index (Phi) is 5.70. The van der Waals surface area contributed by atoms with Gasteiger partial charge in [-0.05, 0) is 62.2 Å². The standard InChI is InChI=1S/C20H20O5/c1-12-5-6-17(11-13(12)2)18(21)14(3)25-20(23)16-9-7-15(8-10-16)19(22)24-4/h5-11,14H,1-4H3/t14-/m0/s1. The second-order valence-corrected chi connectivity index (χ2v) is 5.78. The van der Waals surface area contributed by atoms with Crippen molar-refractivity contribution >= 4 is 17.7 Å². The fourth-order valence-corrected chi connectivity index (χ4v) is 2.27. The zero-order valence-electron chi connectivity index (χ0n) is 14.7. The maximum Gasteiger partial charge on any atom is 0.338 e. The van der Waals surface area contributed by atoms with E-state index in [0.717, 1.165) is 11.1 Å². The first-order valence-corrected chi connectivity index (χ1v) is 7.84. The first kappa shape index (κ1) is 18.4. The number of ether oxygens (including phenoxy) is 2. The van der Waals surface area contributed by atoms with Crippen molar-refractivity contribution in [2.24, 2.45) is 0 Å². The third-order valence-corrected chi connectivity index (χ3v) is 3.99. The van der Waals surface area contributed by atoms with E-state index in [1.807, 2.05) is 19.9 Å². The molecule has 130 valence electrons. The van der Waals surface area contributed by atoms with Gasteiger partial charge in [-0.1, -0.05) is 12.1 Å². The second kappa shape index (κ2) is 7.75. The highest BCUT2D eigenvalue weighted by atomic mass is 16.5. The molecule has 5 nitrogen and oxygen atoms in total. The summed E-state index contributed by atoms with van der Waals surface area (Å²) in [5.41, 5.74) is 3.19. The van der Waals surface area contributed by atoms with E-state index in [2.05, 4.69) is 4.74 Å². The largest absolute Gasteiger partial charge is 0.465 e. The summed E-state index contributed by atoms with van der Waals surface area (Å²) in [7, 11) is 1.28. The molecular formula is C20H20O5. The first-order valence-electron chi connectivity index (χ1n) is 7.84. The lowest BCUT2D eigenvalue weighted by molar-refractivity contribution is 0.0318. The average molecular weight is 340 g/mol. The van der Waals surface area contributed by atoms with Crippen LogP contribution in [-0.2, 0) is 9.47 Å². The van der Waals surface area contributed by atoms with Crippen molar-refractivity contribution in [1.82, 2.24) is 0 Å². The Hall–Kier alpha value is -2.95. The molecule has 2 aromatic rings. The number of hydrogen-bond acceptors (Lipinski definition) is 5. The monoisotopic (exact) mass is 340 g/mol. The van der Waals surface area contributed by atoms with Gasteiger partial charge < -0.3 is 9.47 Å². The van der Waals surface area contributed by atoms with Crippen molar-refractivity contribution < 1.29 is 23.9 Å². The van der Waals surface area contributed by atoms with Crippen LogP contribution in [0.2, 0.25) is 0 Å². The Balaban J connectivity index is 2.07. The van der Waals surface area contributed by atoms with Crippen LogP contribution in [0, 0.1) is 13.8 Å². The number of carbonyl (C=O) groups excluding carboxylic acids is 3. The number of hydrogen-bond donors (Lipinski definition) is 0. The predicted octanol–water partition coefficient (Wildman–Crippen LogP) is 3.52. The molecule has 0 saturated carbocycles. The maximum absolute atomic E-state index is 12.4. The molecule has 2 aromatic carbocycles. The predicted molar refractivity (Wildman–Crippen MR) is 92.9 cm³/mol. The normalized spacial score (nSPS) is 11.5. The van der Waals surface area contributed by atoms with Crippen LogP contribution in [0.5, 0.6) is 0 Å². The molecule has 0 N–H and O–H groups in total. The van der Waals surface area contributed by atoms with Gasteiger partial charge in [0.05, 0.1) is 18.2 Å². The molecule has 25 heavy (non-hydrogen) atoms. The van der Waals surface area contributed by atoms with Gasteiger partial charge in [0.25, 0.3) is 0 Å². The van der Waals surface area contributed by atoms with Crippen LogP contribution in [0.1, 0.15) is 49.1 Å². The highest BCUT2D eigenvalue weighted by molar-refractivity contribution is 6.01. The third-order valence-electron chi connectivity index (χ3n) is 3.99. The van der Waals surface area contributed by atoms with Gasteiger partial charge in [-0.15, -0.1) is 0 Å². The van der Waals surface area contributed by atoms with E-state index >= 15 is 0 Å². The summed E-state index contributed by atoms with van der Waals surface area (Å²) in [6, 6.07) is 11.2. The maximum atomic E-state index is 12.4. The number of carbonyl (C=O) groups is 3. The van der Waals surface area contributed by atoms with Crippen molar-refractivity contribution in [3.63, 3.8) is 0 Å². The van der Waals surface area contributed by atoms with Crippen molar-refractivity contribution in [3.05, 3.63) is 70.3 Å². The SMILES string of the molecule is COC(=O)c1ccc(C(=O)O[C@@H](C)C(=O)c2ccc(C)c(C)c2)cc1. The quantitative estimate of drug-likeness (QED) is 0.615. The molecule has 0 fully saturated rings. The summed E-state index contributed by atoms with van der Waals surface area (Å²) >= 11 is 0. The molecule has 0 aliphatic carbocycles. The van der Waals surface area contributed by atoms with Crippen molar-refractivity contribution in [3.8, 4) is 0 Å². The Morgan fingerprint density at radius 3 is 1.84 bits per heavy atom. The summed E-state index contributed by atoms with van der Waals surface area (Å²) in [6.45, 7) is 5.43. The lowest BCUT2D eigenvalue weighted by Crippen LogP contribution is -2.24. The lowest BCUT2D eigenvalue weighted by Gasteiger charge is -2.13. The van der Waals surface area contributed by atoms with Gasteiger partial charge in [0.15, 0.2) is 6.10 Å². The molecule has 0 aliphatic heterocycles. The second-order valence-electron chi connectivity index (χ2n) is 5.78. The van der Waals surface area contributed by atoms with E-state index in [9.17, 15) is 14.4 Å². The smallest absolute Gasteiger partial charge is 0.338 e. The molecule has 1 atom stereocenters. The van der Waals surface area contributed by atoms with E-state index in [1.165, 1.54) is 38.3 Å². The molecule has 0 radical (unpaired) electrons. The van der Waals surface area contributed by atoms with Crippen LogP contribution in [0.25, 0.3) is 0 Å². The van der Waals surface area contributed by atoms with Gasteiger partial charge in [-0.3, -0.25) is 4.79 Å². The highest BCUT2D eigenvalue weighted by Gasteiger charge is 2.21. The van der Waals surface area contributed by atoms with Crippen LogP contribution in [-0.4, -0.2) is 30.9 Å². The van der Waals surface area contributed by atoms with Gasteiger partial charge in [-0.25, -0.2) is 9.59 Å². The van der Waals surface area contributed by atoms with E-state index in [4.69, 9.17) is 4.74 Å². The summed E-state index contributed by atoms with van der Waals surface area (Å²) in [6.07, 6.45) is -0.908. The molecular weight excluding hydrogens is 320 g/mol. The molecule has 0 saturated heterocycles. The fourth-order valence-electron chi connectivity index (χ4n) is 2.27. The summed E-state index contributed by atoms with van der Waals surface area (Å²) < 4.78 is 9.84. The number of aryl methyl sites for hydroxylation is 2. The Bertz CT molecular complexity index is 805. The Labute approximate surface area is 146 Å². The van der Waals surface area contributed by atoms with Crippen molar-refractivity contribution in [1.29, 1.82) is 0 Å². The number of benzene rings is 2. The van der Waals surface area contributed by atoms with Gasteiger partial charge in [-0.2, -0.15) is 0 Å². The minimum Gasteiger partial charge on any atom is -0.465 e. The van der Waals surface area contributed by atoms with Gasteiger partial charge >= 0.3 is 11.9 Å². The molecule has 0 bridgehead atoms. The van der Waals surface area contributed by atoms with Gasteiger partial charge in [0.2, 0.25) is 5.78 Å². The van der Waals surface area contributed by atoms with E-state index in [0.29, 0.717) is 11.1 Å². The minimum absolute atomic E-state index is 0.257. The Morgan fingerprint density at radius 1 is 0.800 bits per heavy atom. The number of methoxy groups -OCH3 is 1. The zero-order valence-corrected chi connectivity index (χ0v) is 14.7. The number of Topliss-reactive ketones (excluding diaryl/α,β-unsaturated/α-hetero) is 1. The third kappa shape index (κ3) is 4.32. The van der Waals surface area contributed by atoms with Crippen LogP contribution >= 0.6 is 0 Å². The number of ketones is 1. The summed E-state index contributed by atoms with van der Waals surface area (Å²) in [4.78, 5) is 36.0. The van der Waals surface area contributed by atoms with E-state index in [-0.39, 0.29) is 11.3 Å². The fraction of sp³-hybridized carbons (Fsp3) is 0.250. The van der Waals surface area contributed by atoms with E-state index in [1.54, 1.807) is 12.1 Å². The number of esters is 2. The summed E-state index contributed by atoms with van der Waals surface area (Å²) in [5.74, 6) is -1.37. The minimum atomic E-state index is -0.908. The zero-order chi connectivity index (χ0) is 18.6. The molecule has 0 aliphatic rings. The lowest BCUT2D eigenvalue weighted by atomic mass is 10.0. The van der Waals surface area contributed by atoms with Crippen LogP contribution in [0.3, 0.4) is 0 Å². The molecule has 0 amide bonds. The molecule has 5 heteroatoms. The topological polar surface area (TPSA) is 69.7 Å². The van der Waals surface area contributed by atoms with Crippen LogP contribution in [0.4, 0.5) is 0 Å². The van der Waals surface area contributed by atoms with E-state index < -0.39 is 18.0 Å². The molecule has 0 unspecified atom stereocenters. The highest BCUT2D eigenvalue weighted by Crippen LogP contribution is 2.14. The molecule has 0 aromatic heterocycles.